The smallest absolute Gasteiger partial charge is 0.308 e. The molecule has 204 valence electrons. The van der Waals surface area contributed by atoms with Crippen LogP contribution in [0.5, 0.6) is 0 Å². The molecule has 2 heterocycles. The van der Waals surface area contributed by atoms with Crippen molar-refractivity contribution in [2.24, 2.45) is 0 Å². The monoisotopic (exact) mass is 512 g/mol. The van der Waals surface area contributed by atoms with Crippen molar-refractivity contribution in [1.82, 2.24) is 14.5 Å². The van der Waals surface area contributed by atoms with Gasteiger partial charge in [-0.25, -0.2) is 4.98 Å². The van der Waals surface area contributed by atoms with Gasteiger partial charge in [0.15, 0.2) is 5.82 Å². The van der Waals surface area contributed by atoms with E-state index < -0.39 is 12.1 Å². The highest BCUT2D eigenvalue weighted by Gasteiger charge is 2.36. The first-order valence-corrected chi connectivity index (χ1v) is 14.2. The summed E-state index contributed by atoms with van der Waals surface area (Å²) in [5.41, 5.74) is 1.36. The summed E-state index contributed by atoms with van der Waals surface area (Å²) < 4.78 is 6.50. The van der Waals surface area contributed by atoms with E-state index in [4.69, 9.17) is 0 Å². The molecule has 2 aliphatic rings. The van der Waals surface area contributed by atoms with Crippen LogP contribution in [0.1, 0.15) is 90.5 Å². The maximum absolute atomic E-state index is 13.7. The van der Waals surface area contributed by atoms with Gasteiger partial charge in [0.1, 0.15) is 0 Å². The van der Waals surface area contributed by atoms with Crippen molar-refractivity contribution >= 4 is 22.8 Å². The second-order valence-electron chi connectivity index (χ2n) is 11.1. The molecule has 0 amide bonds. The maximum Gasteiger partial charge on any atom is 0.308 e. The van der Waals surface area contributed by atoms with E-state index in [0.29, 0.717) is 18.1 Å². The Morgan fingerprint density at radius 3 is 2.57 bits per heavy atom. The van der Waals surface area contributed by atoms with Gasteiger partial charge in [0.2, 0.25) is 0 Å². The summed E-state index contributed by atoms with van der Waals surface area (Å²) in [6.07, 6.45) is 11.5. The second kappa shape index (κ2) is 12.9. The lowest BCUT2D eigenvalue weighted by molar-refractivity contribution is -0.142. The number of benzene rings is 1. The lowest BCUT2D eigenvalue weighted by Gasteiger charge is -2.38. The van der Waals surface area contributed by atoms with E-state index in [1.54, 1.807) is 0 Å². The van der Waals surface area contributed by atoms with Gasteiger partial charge in [-0.2, -0.15) is 0 Å². The number of likely N-dealkylation sites (tertiary alicyclic amines) is 1. The molecule has 2 aromatic rings. The number of carbonyl (C=O) groups is 1. The topological polar surface area (TPSA) is 96.7 Å². The fourth-order valence-electron chi connectivity index (χ4n) is 6.49. The normalized spacial score (nSPS) is 23.4. The number of anilines is 1. The summed E-state index contributed by atoms with van der Waals surface area (Å²) in [4.78, 5) is 32.5. The Hall–Kier alpha value is -2.45. The zero-order chi connectivity index (χ0) is 26.4. The Bertz CT molecular complexity index is 1090. The van der Waals surface area contributed by atoms with Crippen molar-refractivity contribution in [3.8, 4) is 0 Å². The number of aromatic nitrogens is 2. The lowest BCUT2D eigenvalue weighted by Crippen LogP contribution is -2.44. The van der Waals surface area contributed by atoms with Crippen molar-refractivity contribution < 1.29 is 14.6 Å². The third-order valence-corrected chi connectivity index (χ3v) is 8.33. The molecule has 0 bridgehead atoms. The summed E-state index contributed by atoms with van der Waals surface area (Å²) in [6, 6.07) is 9.42. The summed E-state index contributed by atoms with van der Waals surface area (Å²) in [5.74, 6) is -0.294. The van der Waals surface area contributed by atoms with Gasteiger partial charge in [0, 0.05) is 30.7 Å². The van der Waals surface area contributed by atoms with Crippen molar-refractivity contribution in [3.05, 3.63) is 34.6 Å². The highest BCUT2D eigenvalue weighted by molar-refractivity contribution is 5.76. The number of carbonyl (C=O) groups excluding carboxylic acids is 1. The van der Waals surface area contributed by atoms with Gasteiger partial charge in [-0.3, -0.25) is 14.5 Å². The first-order chi connectivity index (χ1) is 17.9. The number of nitrogens with one attached hydrogen (secondary N) is 1. The van der Waals surface area contributed by atoms with Gasteiger partial charge in [0.25, 0.3) is 5.56 Å². The SMILES string of the molecule is COC(=O)CC(O)CNc1nc2ccccc2n([C@@H](C)C[C@@H]2CCC(C)N2C2CCCCCCC2)c1=O. The molecule has 8 heteroatoms. The zero-order valence-corrected chi connectivity index (χ0v) is 22.7. The molecule has 4 atom stereocenters. The van der Waals surface area contributed by atoms with Crippen LogP contribution in [0, 0.1) is 0 Å². The van der Waals surface area contributed by atoms with Crippen LogP contribution < -0.4 is 10.9 Å². The van der Waals surface area contributed by atoms with Crippen LogP contribution in [0.3, 0.4) is 0 Å². The Balaban J connectivity index is 1.56. The third kappa shape index (κ3) is 6.71. The Labute approximate surface area is 220 Å². The second-order valence-corrected chi connectivity index (χ2v) is 11.1. The molecule has 0 spiro atoms. The first-order valence-electron chi connectivity index (χ1n) is 14.2. The molecule has 2 fully saturated rings. The average molecular weight is 513 g/mol. The number of rotatable bonds is 9. The Morgan fingerprint density at radius 2 is 1.84 bits per heavy atom. The maximum atomic E-state index is 13.7. The highest BCUT2D eigenvalue weighted by atomic mass is 16.5. The third-order valence-electron chi connectivity index (χ3n) is 8.33. The number of hydrogen-bond donors (Lipinski definition) is 2. The molecule has 0 radical (unpaired) electrons. The number of aliphatic hydroxyl groups excluding tert-OH is 1. The van der Waals surface area contributed by atoms with Gasteiger partial charge in [0.05, 0.1) is 30.7 Å². The van der Waals surface area contributed by atoms with Crippen LogP contribution in [0.25, 0.3) is 11.0 Å². The molecule has 37 heavy (non-hydrogen) atoms. The van der Waals surface area contributed by atoms with E-state index in [1.165, 1.54) is 64.9 Å². The number of methoxy groups -OCH3 is 1. The minimum atomic E-state index is -0.969. The number of para-hydroxylation sites is 2. The minimum absolute atomic E-state index is 0.00713. The van der Waals surface area contributed by atoms with Crippen molar-refractivity contribution in [3.63, 3.8) is 0 Å². The number of fused-ring (bicyclic) bond motifs is 1. The molecule has 1 aromatic carbocycles. The predicted octanol–water partition coefficient (Wildman–Crippen LogP) is 4.65. The van der Waals surface area contributed by atoms with Crippen LogP contribution in [0.4, 0.5) is 5.82 Å². The van der Waals surface area contributed by atoms with Gasteiger partial charge >= 0.3 is 5.97 Å². The number of nitrogens with zero attached hydrogens (tertiary/aromatic N) is 3. The van der Waals surface area contributed by atoms with Gasteiger partial charge in [-0.15, -0.1) is 0 Å². The van der Waals surface area contributed by atoms with Gasteiger partial charge in [-0.1, -0.05) is 44.2 Å². The molecule has 1 aromatic heterocycles. The zero-order valence-electron chi connectivity index (χ0n) is 22.7. The number of ether oxygens (including phenoxy) is 1. The average Bonchev–Trinajstić information content (AvgIpc) is 3.22. The fraction of sp³-hybridized carbons (Fsp3) is 0.690. The molecule has 1 aliphatic carbocycles. The quantitative estimate of drug-likeness (QED) is 0.472. The van der Waals surface area contributed by atoms with E-state index >= 15 is 0 Å². The van der Waals surface area contributed by atoms with Crippen molar-refractivity contribution in [1.29, 1.82) is 0 Å². The van der Waals surface area contributed by atoms with Gasteiger partial charge < -0.3 is 19.7 Å². The van der Waals surface area contributed by atoms with Crippen LogP contribution in [-0.4, -0.2) is 63.4 Å². The molecule has 4 rings (SSSR count). The Kier molecular flexibility index (Phi) is 9.60. The lowest BCUT2D eigenvalue weighted by atomic mass is 9.94. The summed E-state index contributed by atoms with van der Waals surface area (Å²) in [7, 11) is 1.29. The summed E-state index contributed by atoms with van der Waals surface area (Å²) in [6.45, 7) is 4.56. The highest BCUT2D eigenvalue weighted by Crippen LogP contribution is 2.35. The number of esters is 1. The van der Waals surface area contributed by atoms with E-state index in [0.717, 1.165) is 17.5 Å². The fourth-order valence-corrected chi connectivity index (χ4v) is 6.49. The molecular weight excluding hydrogens is 468 g/mol. The predicted molar refractivity (Wildman–Crippen MR) is 147 cm³/mol. The van der Waals surface area contributed by atoms with Crippen molar-refractivity contribution in [2.75, 3.05) is 19.0 Å². The molecular formula is C29H44N4O4. The molecule has 1 saturated carbocycles. The molecule has 1 aliphatic heterocycles. The standard InChI is InChI=1S/C29H44N4O4/c1-20-15-16-23(32(20)22-11-7-5-4-6-8-12-22)17-21(2)33-26-14-10-9-13-25(26)31-28(29(33)36)30-19-24(34)18-27(35)37-3/h9-10,13-14,20-24,34H,4-8,11-12,15-19H2,1-3H3,(H,30,31)/t20?,21-,23-,24?/m0/s1. The van der Waals surface area contributed by atoms with E-state index in [-0.39, 0.29) is 30.4 Å². The van der Waals surface area contributed by atoms with Crippen LogP contribution in [0.2, 0.25) is 0 Å². The van der Waals surface area contributed by atoms with Crippen LogP contribution in [-0.2, 0) is 9.53 Å². The Morgan fingerprint density at radius 1 is 1.14 bits per heavy atom. The molecule has 8 nitrogen and oxygen atoms in total. The number of aliphatic hydroxyl groups is 1. The first kappa shape index (κ1) is 27.6. The van der Waals surface area contributed by atoms with Crippen LogP contribution in [0.15, 0.2) is 29.1 Å². The van der Waals surface area contributed by atoms with Crippen LogP contribution >= 0.6 is 0 Å². The molecule has 1 saturated heterocycles. The van der Waals surface area contributed by atoms with E-state index in [1.807, 2.05) is 28.8 Å². The summed E-state index contributed by atoms with van der Waals surface area (Å²) >= 11 is 0. The minimum Gasteiger partial charge on any atom is -0.469 e. The molecule has 2 N–H and O–H groups in total. The van der Waals surface area contributed by atoms with E-state index in [2.05, 4.69) is 33.8 Å². The van der Waals surface area contributed by atoms with Gasteiger partial charge in [-0.05, 0) is 58.1 Å². The van der Waals surface area contributed by atoms with E-state index in [9.17, 15) is 14.7 Å². The summed E-state index contributed by atoms with van der Waals surface area (Å²) in [5, 5.41) is 13.2. The van der Waals surface area contributed by atoms with Crippen molar-refractivity contribution in [2.45, 2.75) is 115 Å². The molecule has 2 unspecified atom stereocenters. The number of hydrogen-bond acceptors (Lipinski definition) is 7. The largest absolute Gasteiger partial charge is 0.469 e.